The Hall–Kier alpha value is -1.03. The van der Waals surface area contributed by atoms with Gasteiger partial charge in [0, 0.05) is 18.1 Å². The Labute approximate surface area is 60.4 Å². The largest absolute Gasteiger partial charge is 0.435 e. The second kappa shape index (κ2) is 3.22. The molecule has 2 N–H and O–H groups in total. The first-order valence-corrected chi connectivity index (χ1v) is 2.97. The van der Waals surface area contributed by atoms with Gasteiger partial charge in [0.15, 0.2) is 0 Å². The Kier molecular flexibility index (Phi) is 2.28. The van der Waals surface area contributed by atoms with Crippen LogP contribution in [-0.2, 0) is 0 Å². The maximum Gasteiger partial charge on any atom is 0.433 e. The van der Waals surface area contributed by atoms with Gasteiger partial charge in [-0.05, 0) is 18.6 Å². The molecule has 3 nitrogen and oxygen atoms in total. The first-order chi connectivity index (χ1) is 4.84. The van der Waals surface area contributed by atoms with Gasteiger partial charge in [-0.1, -0.05) is 0 Å². The van der Waals surface area contributed by atoms with E-state index in [1.807, 2.05) is 6.92 Å². The number of aromatic nitrogens is 1. The molecule has 1 aromatic rings. The SMILES string of the molecule is Cc1cnccc1N[B]O. The van der Waals surface area contributed by atoms with Crippen LogP contribution in [0.15, 0.2) is 18.5 Å². The smallest absolute Gasteiger partial charge is 0.433 e. The molecule has 0 aliphatic carbocycles. The van der Waals surface area contributed by atoms with Crippen molar-refractivity contribution >= 4 is 13.3 Å². The van der Waals surface area contributed by atoms with Crippen molar-refractivity contribution in [2.45, 2.75) is 6.92 Å². The molecule has 0 saturated heterocycles. The maximum absolute atomic E-state index is 8.39. The van der Waals surface area contributed by atoms with Gasteiger partial charge in [0.1, 0.15) is 0 Å². The lowest BCUT2D eigenvalue weighted by atomic mass is 10.2. The molecule has 0 atom stereocenters. The summed E-state index contributed by atoms with van der Waals surface area (Å²) < 4.78 is 0. The molecule has 0 amide bonds. The zero-order valence-corrected chi connectivity index (χ0v) is 5.70. The zero-order chi connectivity index (χ0) is 7.40. The van der Waals surface area contributed by atoms with Gasteiger partial charge in [-0.25, -0.2) is 0 Å². The molecule has 0 saturated carbocycles. The summed E-state index contributed by atoms with van der Waals surface area (Å²) >= 11 is 0. The Morgan fingerprint density at radius 3 is 3.10 bits per heavy atom. The van der Waals surface area contributed by atoms with Gasteiger partial charge >= 0.3 is 7.62 Å². The molecular formula is C6H8BN2O. The predicted molar refractivity (Wildman–Crippen MR) is 40.6 cm³/mol. The van der Waals surface area contributed by atoms with E-state index in [0.29, 0.717) is 0 Å². The lowest BCUT2D eigenvalue weighted by molar-refractivity contribution is 0.609. The van der Waals surface area contributed by atoms with Crippen LogP contribution in [0.3, 0.4) is 0 Å². The lowest BCUT2D eigenvalue weighted by Crippen LogP contribution is -2.05. The highest BCUT2D eigenvalue weighted by Crippen LogP contribution is 2.09. The summed E-state index contributed by atoms with van der Waals surface area (Å²) in [4.78, 5) is 3.89. The van der Waals surface area contributed by atoms with Crippen LogP contribution in [0.4, 0.5) is 5.69 Å². The van der Waals surface area contributed by atoms with E-state index in [1.165, 1.54) is 0 Å². The minimum absolute atomic E-state index is 0.873. The fourth-order valence-electron chi connectivity index (χ4n) is 0.705. The molecule has 51 valence electrons. The molecule has 1 aromatic heterocycles. The summed E-state index contributed by atoms with van der Waals surface area (Å²) in [5.41, 5.74) is 1.88. The number of hydrogen-bond acceptors (Lipinski definition) is 3. The Morgan fingerprint density at radius 2 is 2.50 bits per heavy atom. The molecule has 1 rings (SSSR count). The molecule has 1 heterocycles. The molecule has 0 fully saturated rings. The van der Waals surface area contributed by atoms with Gasteiger partial charge in [0.2, 0.25) is 0 Å². The van der Waals surface area contributed by atoms with Crippen molar-refractivity contribution in [2.75, 3.05) is 5.23 Å². The average Bonchev–Trinajstić information content (AvgIpc) is 1.94. The Bertz CT molecular complexity index is 217. The van der Waals surface area contributed by atoms with Crippen molar-refractivity contribution < 1.29 is 5.02 Å². The summed E-state index contributed by atoms with van der Waals surface area (Å²) in [6, 6.07) is 1.79. The second-order valence-corrected chi connectivity index (χ2v) is 1.96. The molecule has 4 heteroatoms. The Morgan fingerprint density at radius 1 is 1.70 bits per heavy atom. The van der Waals surface area contributed by atoms with Crippen molar-refractivity contribution in [1.82, 2.24) is 4.98 Å². The van der Waals surface area contributed by atoms with Crippen molar-refractivity contribution in [3.05, 3.63) is 24.0 Å². The summed E-state index contributed by atoms with van der Waals surface area (Å²) in [6.07, 6.45) is 3.39. The summed E-state index contributed by atoms with van der Waals surface area (Å²) in [7, 11) is 0.905. The van der Waals surface area contributed by atoms with Gasteiger partial charge in [-0.2, -0.15) is 0 Å². The zero-order valence-electron chi connectivity index (χ0n) is 5.70. The van der Waals surface area contributed by atoms with Gasteiger partial charge in [0.05, 0.1) is 0 Å². The number of hydrogen-bond donors (Lipinski definition) is 2. The van der Waals surface area contributed by atoms with Crippen LogP contribution in [0.5, 0.6) is 0 Å². The maximum atomic E-state index is 8.39. The molecular weight excluding hydrogens is 127 g/mol. The number of rotatable bonds is 2. The molecule has 0 unspecified atom stereocenters. The standard InChI is InChI=1S/C6H8BN2O/c1-5-4-8-3-2-6(5)9-7-10/h2-4,10H,1H3,(H,8,9). The van der Waals surface area contributed by atoms with E-state index in [9.17, 15) is 0 Å². The fraction of sp³-hybridized carbons (Fsp3) is 0.167. The Balaban J connectivity index is 2.81. The number of nitrogens with one attached hydrogen (secondary N) is 1. The van der Waals surface area contributed by atoms with Crippen molar-refractivity contribution in [3.8, 4) is 0 Å². The van der Waals surface area contributed by atoms with Crippen LogP contribution >= 0.6 is 0 Å². The van der Waals surface area contributed by atoms with E-state index >= 15 is 0 Å². The van der Waals surface area contributed by atoms with Crippen molar-refractivity contribution in [3.63, 3.8) is 0 Å². The monoisotopic (exact) mass is 135 g/mol. The third-order valence-corrected chi connectivity index (χ3v) is 1.24. The van der Waals surface area contributed by atoms with Crippen molar-refractivity contribution in [2.24, 2.45) is 0 Å². The van der Waals surface area contributed by atoms with Crippen molar-refractivity contribution in [1.29, 1.82) is 0 Å². The number of nitrogens with zero attached hydrogens (tertiary/aromatic N) is 1. The quantitative estimate of drug-likeness (QED) is 0.574. The van der Waals surface area contributed by atoms with Crippen LogP contribution < -0.4 is 5.23 Å². The third kappa shape index (κ3) is 1.48. The van der Waals surface area contributed by atoms with E-state index in [0.717, 1.165) is 18.9 Å². The van der Waals surface area contributed by atoms with E-state index < -0.39 is 0 Å². The number of anilines is 1. The van der Waals surface area contributed by atoms with Crippen LogP contribution in [0.1, 0.15) is 5.56 Å². The highest BCUT2D eigenvalue weighted by Gasteiger charge is 1.93. The minimum atomic E-state index is 0.873. The second-order valence-electron chi connectivity index (χ2n) is 1.96. The molecule has 0 bridgehead atoms. The third-order valence-electron chi connectivity index (χ3n) is 1.24. The molecule has 0 aliphatic heterocycles. The molecule has 10 heavy (non-hydrogen) atoms. The van der Waals surface area contributed by atoms with Crippen LogP contribution in [-0.4, -0.2) is 17.6 Å². The number of pyridine rings is 1. The van der Waals surface area contributed by atoms with E-state index in [2.05, 4.69) is 10.2 Å². The lowest BCUT2D eigenvalue weighted by Gasteiger charge is -2.02. The first kappa shape index (κ1) is 7.09. The molecule has 0 spiro atoms. The highest BCUT2D eigenvalue weighted by molar-refractivity contribution is 6.31. The van der Waals surface area contributed by atoms with Gasteiger partial charge in [0.25, 0.3) is 0 Å². The molecule has 1 radical (unpaired) electrons. The fourth-order valence-corrected chi connectivity index (χ4v) is 0.705. The summed E-state index contributed by atoms with van der Waals surface area (Å²) in [6.45, 7) is 1.92. The van der Waals surface area contributed by atoms with Crippen LogP contribution in [0.2, 0.25) is 0 Å². The summed E-state index contributed by atoms with van der Waals surface area (Å²) in [5, 5.41) is 11.1. The van der Waals surface area contributed by atoms with Crippen LogP contribution in [0, 0.1) is 6.92 Å². The van der Waals surface area contributed by atoms with E-state index in [-0.39, 0.29) is 0 Å². The first-order valence-electron chi connectivity index (χ1n) is 2.97. The normalized spacial score (nSPS) is 9.00. The highest BCUT2D eigenvalue weighted by atomic mass is 16.2. The van der Waals surface area contributed by atoms with E-state index in [4.69, 9.17) is 5.02 Å². The molecule has 0 aliphatic rings. The predicted octanol–water partition coefficient (Wildman–Crippen LogP) is 0.328. The number of aryl methyl sites for hydroxylation is 1. The van der Waals surface area contributed by atoms with Gasteiger partial charge in [-0.3, -0.25) is 4.98 Å². The van der Waals surface area contributed by atoms with E-state index in [1.54, 1.807) is 18.5 Å². The van der Waals surface area contributed by atoms with Gasteiger partial charge in [-0.15, -0.1) is 0 Å². The van der Waals surface area contributed by atoms with Gasteiger partial charge < -0.3 is 10.3 Å². The van der Waals surface area contributed by atoms with Crippen LogP contribution in [0.25, 0.3) is 0 Å². The molecule has 0 aromatic carbocycles. The summed E-state index contributed by atoms with van der Waals surface area (Å²) in [5.74, 6) is 0. The average molecular weight is 135 g/mol. The minimum Gasteiger partial charge on any atom is -0.435 e. The topological polar surface area (TPSA) is 45.2 Å².